The summed E-state index contributed by atoms with van der Waals surface area (Å²) in [5.41, 5.74) is 3.04. The average molecular weight is 430 g/mol. The standard InChI is InChI=1S/C23H31N3O3S/c1-14(2)29-18-8-6-16(7-9-18)21-20-15(3)25-26(22(20)24-19(27)13-30-21)17-10-11-28-23(4,5)12-17/h6-9,14,17,21H,10-13H2,1-5H3,(H,24,27)/t17-,21-/m1/s1. The third kappa shape index (κ3) is 4.37. The Hall–Kier alpha value is -1.99. The molecule has 162 valence electrons. The fourth-order valence-electron chi connectivity index (χ4n) is 4.34. The summed E-state index contributed by atoms with van der Waals surface area (Å²) in [6, 6.07) is 8.43. The van der Waals surface area contributed by atoms with Gasteiger partial charge in [-0.05, 0) is 65.2 Å². The highest BCUT2D eigenvalue weighted by molar-refractivity contribution is 8.00. The minimum Gasteiger partial charge on any atom is -0.491 e. The second-order valence-corrected chi connectivity index (χ2v) is 10.1. The van der Waals surface area contributed by atoms with Gasteiger partial charge in [-0.15, -0.1) is 11.8 Å². The van der Waals surface area contributed by atoms with E-state index in [0.29, 0.717) is 12.4 Å². The maximum atomic E-state index is 12.6. The van der Waals surface area contributed by atoms with Crippen LogP contribution in [0.2, 0.25) is 0 Å². The lowest BCUT2D eigenvalue weighted by atomic mass is 9.94. The molecule has 3 heterocycles. The van der Waals surface area contributed by atoms with Gasteiger partial charge in [0.05, 0.1) is 34.4 Å². The molecule has 30 heavy (non-hydrogen) atoms. The fraction of sp³-hybridized carbons (Fsp3) is 0.565. The zero-order chi connectivity index (χ0) is 21.5. The molecule has 7 heteroatoms. The van der Waals surface area contributed by atoms with Crippen molar-refractivity contribution in [2.45, 2.75) is 70.5 Å². The number of nitrogens with zero attached hydrogens (tertiary/aromatic N) is 2. The van der Waals surface area contributed by atoms with E-state index < -0.39 is 0 Å². The topological polar surface area (TPSA) is 65.4 Å². The minimum absolute atomic E-state index is 0.0241. The number of fused-ring (bicyclic) bond motifs is 1. The van der Waals surface area contributed by atoms with Crippen molar-refractivity contribution in [1.82, 2.24) is 9.78 Å². The number of nitrogens with one attached hydrogen (secondary N) is 1. The maximum absolute atomic E-state index is 12.6. The van der Waals surface area contributed by atoms with Crippen LogP contribution in [0.4, 0.5) is 5.82 Å². The molecule has 2 atom stereocenters. The monoisotopic (exact) mass is 429 g/mol. The van der Waals surface area contributed by atoms with E-state index in [2.05, 4.69) is 31.3 Å². The molecule has 2 aromatic rings. The van der Waals surface area contributed by atoms with Crippen LogP contribution in [0.25, 0.3) is 0 Å². The second-order valence-electron chi connectivity index (χ2n) is 9.02. The van der Waals surface area contributed by atoms with Gasteiger partial charge in [0.25, 0.3) is 0 Å². The summed E-state index contributed by atoms with van der Waals surface area (Å²) >= 11 is 1.65. The summed E-state index contributed by atoms with van der Waals surface area (Å²) in [6.07, 6.45) is 1.90. The molecule has 4 rings (SSSR count). The molecule has 6 nitrogen and oxygen atoms in total. The zero-order valence-corrected chi connectivity index (χ0v) is 19.2. The lowest BCUT2D eigenvalue weighted by molar-refractivity contribution is -0.113. The molecular formula is C23H31N3O3S. The number of aromatic nitrogens is 2. The van der Waals surface area contributed by atoms with E-state index in [-0.39, 0.29) is 28.9 Å². The first kappa shape index (κ1) is 21.2. The zero-order valence-electron chi connectivity index (χ0n) is 18.4. The largest absolute Gasteiger partial charge is 0.491 e. The molecule has 1 aromatic carbocycles. The number of hydrogen-bond acceptors (Lipinski definition) is 5. The molecule has 0 aliphatic carbocycles. The summed E-state index contributed by atoms with van der Waals surface area (Å²) in [6.45, 7) is 11.0. The van der Waals surface area contributed by atoms with Crippen LogP contribution in [-0.2, 0) is 9.53 Å². The van der Waals surface area contributed by atoms with Crippen LogP contribution in [-0.4, -0.2) is 39.8 Å². The number of anilines is 1. The van der Waals surface area contributed by atoms with E-state index in [4.69, 9.17) is 14.6 Å². The van der Waals surface area contributed by atoms with Crippen LogP contribution in [0.1, 0.15) is 68.6 Å². The predicted molar refractivity (Wildman–Crippen MR) is 120 cm³/mol. The summed E-state index contributed by atoms with van der Waals surface area (Å²) in [7, 11) is 0. The Morgan fingerprint density at radius 2 is 2.03 bits per heavy atom. The molecule has 2 aliphatic heterocycles. The quantitative estimate of drug-likeness (QED) is 0.750. The molecule has 0 radical (unpaired) electrons. The van der Waals surface area contributed by atoms with Crippen LogP contribution in [0.5, 0.6) is 5.75 Å². The molecule has 1 fully saturated rings. The lowest BCUT2D eigenvalue weighted by Crippen LogP contribution is -2.36. The molecule has 0 spiro atoms. The van der Waals surface area contributed by atoms with E-state index in [1.54, 1.807) is 11.8 Å². The van der Waals surface area contributed by atoms with E-state index in [1.807, 2.05) is 37.6 Å². The van der Waals surface area contributed by atoms with E-state index in [1.165, 1.54) is 0 Å². The van der Waals surface area contributed by atoms with Crippen molar-refractivity contribution >= 4 is 23.5 Å². The second kappa shape index (κ2) is 8.27. The molecule has 0 saturated carbocycles. The highest BCUT2D eigenvalue weighted by Gasteiger charge is 2.36. The van der Waals surface area contributed by atoms with Gasteiger partial charge in [-0.1, -0.05) is 12.1 Å². The van der Waals surface area contributed by atoms with Gasteiger partial charge in [-0.25, -0.2) is 4.68 Å². The van der Waals surface area contributed by atoms with Crippen molar-refractivity contribution in [2.24, 2.45) is 0 Å². The number of hydrogen-bond donors (Lipinski definition) is 1. The van der Waals surface area contributed by atoms with Gasteiger partial charge in [0.2, 0.25) is 5.91 Å². The molecule has 1 saturated heterocycles. The highest BCUT2D eigenvalue weighted by Crippen LogP contribution is 2.45. The van der Waals surface area contributed by atoms with E-state index >= 15 is 0 Å². The molecular weight excluding hydrogens is 398 g/mol. The van der Waals surface area contributed by atoms with Gasteiger partial charge < -0.3 is 14.8 Å². The number of thioether (sulfide) groups is 1. The molecule has 1 amide bonds. The maximum Gasteiger partial charge on any atom is 0.235 e. The van der Waals surface area contributed by atoms with Crippen LogP contribution in [0.15, 0.2) is 24.3 Å². The number of rotatable bonds is 4. The Morgan fingerprint density at radius 3 is 2.70 bits per heavy atom. The number of aryl methyl sites for hydroxylation is 1. The third-order valence-corrected chi connectivity index (χ3v) is 6.87. The van der Waals surface area contributed by atoms with Crippen LogP contribution < -0.4 is 10.1 Å². The van der Waals surface area contributed by atoms with Crippen molar-refractivity contribution in [3.63, 3.8) is 0 Å². The van der Waals surface area contributed by atoms with Gasteiger partial charge in [-0.3, -0.25) is 4.79 Å². The fourth-order valence-corrected chi connectivity index (χ4v) is 5.53. The SMILES string of the molecule is Cc1nn([C@@H]2CCOC(C)(C)C2)c2c1[C@@H](c1ccc(OC(C)C)cc1)SCC(=O)N2. The summed E-state index contributed by atoms with van der Waals surface area (Å²) in [5, 5.41) is 8.10. The first-order chi connectivity index (χ1) is 14.2. The van der Waals surface area contributed by atoms with Gasteiger partial charge >= 0.3 is 0 Å². The molecule has 1 aromatic heterocycles. The smallest absolute Gasteiger partial charge is 0.235 e. The summed E-state index contributed by atoms with van der Waals surface area (Å²) < 4.78 is 13.7. The lowest BCUT2D eigenvalue weighted by Gasteiger charge is -2.36. The number of ether oxygens (including phenoxy) is 2. The number of benzene rings is 1. The van der Waals surface area contributed by atoms with Crippen LogP contribution in [0, 0.1) is 6.92 Å². The number of carbonyl (C=O) groups excluding carboxylic acids is 1. The molecule has 0 bridgehead atoms. The third-order valence-electron chi connectivity index (χ3n) is 5.60. The van der Waals surface area contributed by atoms with Crippen molar-refractivity contribution in [3.8, 4) is 5.75 Å². The number of carbonyl (C=O) groups is 1. The van der Waals surface area contributed by atoms with Crippen molar-refractivity contribution in [3.05, 3.63) is 41.1 Å². The van der Waals surface area contributed by atoms with Crippen LogP contribution >= 0.6 is 11.8 Å². The first-order valence-corrected chi connectivity index (χ1v) is 11.7. The minimum atomic E-state index is -0.190. The van der Waals surface area contributed by atoms with Crippen molar-refractivity contribution < 1.29 is 14.3 Å². The summed E-state index contributed by atoms with van der Waals surface area (Å²) in [4.78, 5) is 12.6. The van der Waals surface area contributed by atoms with Gasteiger partial charge in [0, 0.05) is 12.2 Å². The average Bonchev–Trinajstić information content (AvgIpc) is 2.87. The molecule has 1 N–H and O–H groups in total. The Bertz CT molecular complexity index is 921. The van der Waals surface area contributed by atoms with Crippen molar-refractivity contribution in [2.75, 3.05) is 17.7 Å². The predicted octanol–water partition coefficient (Wildman–Crippen LogP) is 4.88. The van der Waals surface area contributed by atoms with Gasteiger partial charge in [0.1, 0.15) is 11.6 Å². The molecule has 2 aliphatic rings. The first-order valence-electron chi connectivity index (χ1n) is 10.6. The normalized spacial score (nSPS) is 23.6. The highest BCUT2D eigenvalue weighted by atomic mass is 32.2. The Kier molecular flexibility index (Phi) is 5.86. The van der Waals surface area contributed by atoms with E-state index in [0.717, 1.165) is 41.2 Å². The van der Waals surface area contributed by atoms with Crippen LogP contribution in [0.3, 0.4) is 0 Å². The summed E-state index contributed by atoms with van der Waals surface area (Å²) in [5.74, 6) is 2.15. The molecule has 0 unspecified atom stereocenters. The van der Waals surface area contributed by atoms with Gasteiger partial charge in [0.15, 0.2) is 0 Å². The number of amides is 1. The Labute approximate surface area is 182 Å². The van der Waals surface area contributed by atoms with E-state index in [9.17, 15) is 4.79 Å². The Morgan fingerprint density at radius 1 is 1.30 bits per heavy atom. The van der Waals surface area contributed by atoms with Gasteiger partial charge in [-0.2, -0.15) is 5.10 Å². The Balaban J connectivity index is 1.71. The van der Waals surface area contributed by atoms with Crippen molar-refractivity contribution in [1.29, 1.82) is 0 Å².